The molecule has 0 heterocycles. The first-order valence-electron chi connectivity index (χ1n) is 5.66. The fraction of sp³-hybridized carbons (Fsp3) is 0.214. The molecule has 2 nitrogen and oxygen atoms in total. The Morgan fingerprint density at radius 3 is 2.50 bits per heavy atom. The molecule has 0 spiro atoms. The highest BCUT2D eigenvalue weighted by Crippen LogP contribution is 2.24. The molecule has 1 atom stereocenters. The van der Waals surface area contributed by atoms with Crippen LogP contribution < -0.4 is 5.32 Å². The average Bonchev–Trinajstić information content (AvgIpc) is 2.37. The summed E-state index contributed by atoms with van der Waals surface area (Å²) in [5.74, 6) is -1.24. The number of hydrogen-bond donors (Lipinski definition) is 1. The van der Waals surface area contributed by atoms with Crippen molar-refractivity contribution in [2.75, 3.05) is 0 Å². The Morgan fingerprint density at radius 1 is 1.11 bits per heavy atom. The Bertz CT molecular complexity index is 563. The number of halogens is 2. The van der Waals surface area contributed by atoms with Crippen LogP contribution in [0.25, 0.3) is 10.8 Å². The predicted molar refractivity (Wildman–Crippen MR) is 66.5 cm³/mol. The largest absolute Gasteiger partial charge is 0.345 e. The summed E-state index contributed by atoms with van der Waals surface area (Å²) in [4.78, 5) is 11.0. The van der Waals surface area contributed by atoms with E-state index in [0.29, 0.717) is 0 Å². The van der Waals surface area contributed by atoms with E-state index in [1.54, 1.807) is 6.92 Å². The second-order valence-electron chi connectivity index (χ2n) is 4.10. The van der Waals surface area contributed by atoms with Crippen LogP contribution in [0.15, 0.2) is 42.5 Å². The van der Waals surface area contributed by atoms with Crippen molar-refractivity contribution in [1.29, 1.82) is 0 Å². The fourth-order valence-corrected chi connectivity index (χ4v) is 1.98. The normalized spacial score (nSPS) is 12.7. The van der Waals surface area contributed by atoms with E-state index in [2.05, 4.69) is 5.32 Å². The van der Waals surface area contributed by atoms with Crippen molar-refractivity contribution < 1.29 is 13.6 Å². The minimum atomic E-state index is -2.98. The predicted octanol–water partition coefficient (Wildman–Crippen LogP) is 3.28. The zero-order chi connectivity index (χ0) is 13.1. The Kier molecular flexibility index (Phi) is 3.55. The molecule has 0 saturated heterocycles. The van der Waals surface area contributed by atoms with E-state index in [1.165, 1.54) is 0 Å². The molecule has 2 aromatic carbocycles. The highest BCUT2D eigenvalue weighted by Gasteiger charge is 2.18. The molecule has 1 amide bonds. The van der Waals surface area contributed by atoms with Gasteiger partial charge in [0.15, 0.2) is 0 Å². The molecule has 0 bridgehead atoms. The quantitative estimate of drug-likeness (QED) is 0.888. The van der Waals surface area contributed by atoms with Crippen molar-refractivity contribution >= 4 is 16.7 Å². The SMILES string of the molecule is CC(NC(=O)C(F)F)c1cccc2ccccc12. The topological polar surface area (TPSA) is 29.1 Å². The van der Waals surface area contributed by atoms with Gasteiger partial charge in [-0.25, -0.2) is 0 Å². The number of alkyl halides is 2. The molecule has 18 heavy (non-hydrogen) atoms. The van der Waals surface area contributed by atoms with Gasteiger partial charge in [0.2, 0.25) is 0 Å². The molecule has 2 aromatic rings. The maximum atomic E-state index is 12.2. The molecule has 0 saturated carbocycles. The Labute approximate surface area is 104 Å². The zero-order valence-electron chi connectivity index (χ0n) is 9.86. The maximum absolute atomic E-state index is 12.2. The van der Waals surface area contributed by atoms with Crippen LogP contribution in [-0.2, 0) is 4.79 Å². The monoisotopic (exact) mass is 249 g/mol. The van der Waals surface area contributed by atoms with Crippen LogP contribution in [0.2, 0.25) is 0 Å². The summed E-state index contributed by atoms with van der Waals surface area (Å²) in [6.45, 7) is 1.70. The zero-order valence-corrected chi connectivity index (χ0v) is 9.86. The lowest BCUT2D eigenvalue weighted by Gasteiger charge is -2.16. The number of nitrogens with one attached hydrogen (secondary N) is 1. The van der Waals surface area contributed by atoms with Gasteiger partial charge in [-0.1, -0.05) is 42.5 Å². The lowest BCUT2D eigenvalue weighted by molar-refractivity contribution is -0.132. The molecule has 1 unspecified atom stereocenters. The van der Waals surface area contributed by atoms with Crippen LogP contribution >= 0.6 is 0 Å². The smallest absolute Gasteiger partial charge is 0.315 e. The molecule has 0 aromatic heterocycles. The van der Waals surface area contributed by atoms with Gasteiger partial charge >= 0.3 is 6.43 Å². The van der Waals surface area contributed by atoms with Gasteiger partial charge in [-0.2, -0.15) is 8.78 Å². The highest BCUT2D eigenvalue weighted by molar-refractivity contribution is 5.87. The number of carbonyl (C=O) groups is 1. The van der Waals surface area contributed by atoms with Crippen molar-refractivity contribution in [3.63, 3.8) is 0 Å². The molecule has 0 radical (unpaired) electrons. The lowest BCUT2D eigenvalue weighted by atomic mass is 10.00. The van der Waals surface area contributed by atoms with Gasteiger partial charge < -0.3 is 5.32 Å². The van der Waals surface area contributed by atoms with Gasteiger partial charge in [0.05, 0.1) is 6.04 Å². The van der Waals surface area contributed by atoms with E-state index in [0.717, 1.165) is 16.3 Å². The van der Waals surface area contributed by atoms with Crippen molar-refractivity contribution in [3.05, 3.63) is 48.0 Å². The van der Waals surface area contributed by atoms with Crippen molar-refractivity contribution in [2.45, 2.75) is 19.4 Å². The van der Waals surface area contributed by atoms with E-state index < -0.39 is 18.4 Å². The van der Waals surface area contributed by atoms with Gasteiger partial charge in [-0.15, -0.1) is 0 Å². The summed E-state index contributed by atoms with van der Waals surface area (Å²) in [6.07, 6.45) is -2.98. The number of fused-ring (bicyclic) bond motifs is 1. The molecule has 2 rings (SSSR count). The van der Waals surface area contributed by atoms with E-state index in [1.807, 2.05) is 42.5 Å². The number of amides is 1. The van der Waals surface area contributed by atoms with Gasteiger partial charge in [0.25, 0.3) is 5.91 Å². The van der Waals surface area contributed by atoms with Crippen molar-refractivity contribution in [3.8, 4) is 0 Å². The molecule has 0 aliphatic rings. The van der Waals surface area contributed by atoms with Gasteiger partial charge in [0, 0.05) is 0 Å². The summed E-state index contributed by atoms with van der Waals surface area (Å²) in [7, 11) is 0. The molecule has 1 N–H and O–H groups in total. The molecule has 4 heteroatoms. The Morgan fingerprint density at radius 2 is 1.78 bits per heavy atom. The van der Waals surface area contributed by atoms with Crippen LogP contribution in [0.1, 0.15) is 18.5 Å². The van der Waals surface area contributed by atoms with Crippen LogP contribution in [0, 0.1) is 0 Å². The van der Waals surface area contributed by atoms with Crippen LogP contribution in [-0.4, -0.2) is 12.3 Å². The van der Waals surface area contributed by atoms with Gasteiger partial charge in [0.1, 0.15) is 0 Å². The first-order chi connectivity index (χ1) is 8.59. The van der Waals surface area contributed by atoms with Crippen molar-refractivity contribution in [2.24, 2.45) is 0 Å². The fourth-order valence-electron chi connectivity index (χ4n) is 1.98. The summed E-state index contributed by atoms with van der Waals surface area (Å²) in [6, 6.07) is 12.8. The van der Waals surface area contributed by atoms with Gasteiger partial charge in [-0.3, -0.25) is 4.79 Å². The lowest BCUT2D eigenvalue weighted by Crippen LogP contribution is -2.31. The van der Waals surface area contributed by atoms with Crippen LogP contribution in [0.4, 0.5) is 8.78 Å². The number of rotatable bonds is 3. The molecular formula is C14H13F2NO. The molecule has 94 valence electrons. The average molecular weight is 249 g/mol. The van der Waals surface area contributed by atoms with Crippen molar-refractivity contribution in [1.82, 2.24) is 5.32 Å². The number of benzene rings is 2. The van der Waals surface area contributed by atoms with E-state index >= 15 is 0 Å². The second kappa shape index (κ2) is 5.12. The first-order valence-corrected chi connectivity index (χ1v) is 5.66. The molecule has 0 aliphatic heterocycles. The standard InChI is InChI=1S/C14H13F2NO/c1-9(17-14(18)13(15)16)11-8-4-6-10-5-2-3-7-12(10)11/h2-9,13H,1H3,(H,17,18). The number of carbonyl (C=O) groups excluding carboxylic acids is 1. The first kappa shape index (κ1) is 12.5. The summed E-state index contributed by atoms with van der Waals surface area (Å²) >= 11 is 0. The van der Waals surface area contributed by atoms with Gasteiger partial charge in [-0.05, 0) is 23.3 Å². The highest BCUT2D eigenvalue weighted by atomic mass is 19.3. The van der Waals surface area contributed by atoms with Crippen LogP contribution in [0.5, 0.6) is 0 Å². The summed E-state index contributed by atoms with van der Waals surface area (Å²) in [5.41, 5.74) is 0.835. The van der Waals surface area contributed by atoms with Crippen LogP contribution in [0.3, 0.4) is 0 Å². The number of hydrogen-bond acceptors (Lipinski definition) is 1. The third-order valence-corrected chi connectivity index (χ3v) is 2.85. The molecule has 0 aliphatic carbocycles. The van der Waals surface area contributed by atoms with E-state index in [-0.39, 0.29) is 0 Å². The third kappa shape index (κ3) is 2.47. The Balaban J connectivity index is 2.33. The molecular weight excluding hydrogens is 236 g/mol. The minimum Gasteiger partial charge on any atom is -0.345 e. The summed E-state index contributed by atoms with van der Waals surface area (Å²) < 4.78 is 24.4. The maximum Gasteiger partial charge on any atom is 0.315 e. The minimum absolute atomic E-state index is 0.447. The Hall–Kier alpha value is -1.97. The second-order valence-corrected chi connectivity index (χ2v) is 4.10. The summed E-state index contributed by atoms with van der Waals surface area (Å²) in [5, 5.41) is 4.28. The van der Waals surface area contributed by atoms with E-state index in [9.17, 15) is 13.6 Å². The van der Waals surface area contributed by atoms with E-state index in [4.69, 9.17) is 0 Å². The molecule has 0 fully saturated rings. The third-order valence-electron chi connectivity index (χ3n) is 2.85.